The highest BCUT2D eigenvalue weighted by molar-refractivity contribution is 5.87. The molecule has 0 radical (unpaired) electrons. The molecule has 0 saturated carbocycles. The van der Waals surface area contributed by atoms with Crippen molar-refractivity contribution in [2.75, 3.05) is 20.1 Å². The minimum absolute atomic E-state index is 0.0335. The van der Waals surface area contributed by atoms with Crippen LogP contribution in [0, 0.1) is 5.92 Å². The summed E-state index contributed by atoms with van der Waals surface area (Å²) < 4.78 is 0. The van der Waals surface area contributed by atoms with Gasteiger partial charge in [-0.2, -0.15) is 0 Å². The van der Waals surface area contributed by atoms with Gasteiger partial charge < -0.3 is 10.2 Å². The zero-order chi connectivity index (χ0) is 14.7. The first kappa shape index (κ1) is 19.0. The third-order valence-electron chi connectivity index (χ3n) is 2.38. The molecule has 0 aliphatic rings. The molecule has 1 N–H and O–H groups in total. The Balaban J connectivity index is 0. The molecule has 4 heteroatoms. The van der Waals surface area contributed by atoms with Gasteiger partial charge in [-0.05, 0) is 6.42 Å². The van der Waals surface area contributed by atoms with Gasteiger partial charge in [0.1, 0.15) is 0 Å². The van der Waals surface area contributed by atoms with Crippen LogP contribution in [-0.4, -0.2) is 36.7 Å². The zero-order valence-electron chi connectivity index (χ0n) is 12.7. The average Bonchev–Trinajstić information content (AvgIpc) is 2.37. The Morgan fingerprint density at radius 3 is 2.17 bits per heavy atom. The van der Waals surface area contributed by atoms with Crippen LogP contribution in [0.25, 0.3) is 0 Å². The van der Waals surface area contributed by atoms with Gasteiger partial charge in [0.05, 0.1) is 13.1 Å². The van der Waals surface area contributed by atoms with E-state index < -0.39 is 0 Å². The number of carbonyl (C=O) groups is 2. The third kappa shape index (κ3) is 8.79. The maximum absolute atomic E-state index is 11.6. The highest BCUT2D eigenvalue weighted by atomic mass is 16.2. The van der Waals surface area contributed by atoms with Crippen molar-refractivity contribution < 1.29 is 9.59 Å². The molecular formula is C14H28N2O2. The zero-order valence-corrected chi connectivity index (χ0v) is 12.7. The Hall–Kier alpha value is -1.32. The molecule has 4 nitrogen and oxygen atoms in total. The summed E-state index contributed by atoms with van der Waals surface area (Å²) in [5, 5.41) is 2.92. The van der Waals surface area contributed by atoms with Crippen LogP contribution >= 0.6 is 0 Å². The normalized spacial score (nSPS) is 9.28. The van der Waals surface area contributed by atoms with E-state index >= 15 is 0 Å². The summed E-state index contributed by atoms with van der Waals surface area (Å²) in [5.41, 5.74) is 0.830. The van der Waals surface area contributed by atoms with Crippen LogP contribution in [0.2, 0.25) is 0 Å². The lowest BCUT2D eigenvalue weighted by molar-refractivity contribution is -0.134. The van der Waals surface area contributed by atoms with Gasteiger partial charge >= 0.3 is 0 Å². The maximum atomic E-state index is 11.6. The number of ketones is 1. The molecule has 106 valence electrons. The van der Waals surface area contributed by atoms with Crippen molar-refractivity contribution >= 4 is 11.7 Å². The molecule has 0 atom stereocenters. The van der Waals surface area contributed by atoms with Gasteiger partial charge in [0.15, 0.2) is 5.78 Å². The summed E-state index contributed by atoms with van der Waals surface area (Å²) in [6, 6.07) is 0. The number of Topliss-reactive ketones (excluding diaryl/α,β-unsaturated/α-hetero) is 1. The van der Waals surface area contributed by atoms with Crippen molar-refractivity contribution in [2.24, 2.45) is 5.92 Å². The summed E-state index contributed by atoms with van der Waals surface area (Å²) in [6.45, 7) is 13.8. The number of hydrogen-bond acceptors (Lipinski definition) is 3. The number of hydrogen-bond donors (Lipinski definition) is 1. The third-order valence-corrected chi connectivity index (χ3v) is 2.38. The monoisotopic (exact) mass is 256 g/mol. The van der Waals surface area contributed by atoms with Gasteiger partial charge in [0.25, 0.3) is 0 Å². The van der Waals surface area contributed by atoms with Gasteiger partial charge in [-0.3, -0.25) is 9.59 Å². The number of nitrogens with zero attached hydrogens (tertiary/aromatic N) is 1. The summed E-state index contributed by atoms with van der Waals surface area (Å²) >= 11 is 0. The van der Waals surface area contributed by atoms with Crippen LogP contribution < -0.4 is 5.32 Å². The van der Waals surface area contributed by atoms with Gasteiger partial charge in [-0.15, -0.1) is 0 Å². The highest BCUT2D eigenvalue weighted by Crippen LogP contribution is 1.97. The van der Waals surface area contributed by atoms with Crippen molar-refractivity contribution in [3.05, 3.63) is 12.3 Å². The number of likely N-dealkylation sites (N-methyl/N-ethyl adjacent to an activating group) is 1. The molecule has 0 aliphatic carbocycles. The van der Waals surface area contributed by atoms with E-state index in [1.165, 1.54) is 4.90 Å². The quantitative estimate of drug-likeness (QED) is 0.760. The van der Waals surface area contributed by atoms with Gasteiger partial charge in [-0.1, -0.05) is 41.2 Å². The van der Waals surface area contributed by atoms with Crippen LogP contribution in [0.3, 0.4) is 0 Å². The molecule has 0 heterocycles. The molecule has 1 amide bonds. The lowest BCUT2D eigenvalue weighted by atomic mass is 10.1. The standard InChI is InChI=1S/C12H22N2O2.C2H6/c1-6-10(4)13-7-12(16)14(5)8-11(15)9(2)3;1-2/h9,13H,4,6-8H2,1-3,5H3;1-2H3. The molecule has 0 aromatic heterocycles. The van der Waals surface area contributed by atoms with Crippen molar-refractivity contribution in [1.29, 1.82) is 0 Å². The molecule has 0 rings (SSSR count). The first-order valence-corrected chi connectivity index (χ1v) is 6.56. The summed E-state index contributed by atoms with van der Waals surface area (Å²) in [4.78, 5) is 24.5. The van der Waals surface area contributed by atoms with Crippen molar-refractivity contribution in [3.8, 4) is 0 Å². The van der Waals surface area contributed by atoms with Gasteiger partial charge in [0.2, 0.25) is 5.91 Å². The maximum Gasteiger partial charge on any atom is 0.242 e. The number of nitrogens with one attached hydrogen (secondary N) is 1. The highest BCUT2D eigenvalue weighted by Gasteiger charge is 2.14. The molecule has 18 heavy (non-hydrogen) atoms. The van der Waals surface area contributed by atoms with Crippen LogP contribution in [0.5, 0.6) is 0 Å². The van der Waals surface area contributed by atoms with E-state index in [0.29, 0.717) is 0 Å². The van der Waals surface area contributed by atoms with Gasteiger partial charge in [-0.25, -0.2) is 0 Å². The molecule has 0 spiro atoms. The number of allylic oxidation sites excluding steroid dienone is 1. The van der Waals surface area contributed by atoms with E-state index in [1.807, 2.05) is 34.6 Å². The first-order valence-electron chi connectivity index (χ1n) is 6.56. The Morgan fingerprint density at radius 2 is 1.78 bits per heavy atom. The molecule has 0 fully saturated rings. The van der Waals surface area contributed by atoms with E-state index in [4.69, 9.17) is 0 Å². The van der Waals surface area contributed by atoms with E-state index in [2.05, 4.69) is 11.9 Å². The second-order valence-electron chi connectivity index (χ2n) is 4.18. The summed E-state index contributed by atoms with van der Waals surface area (Å²) in [6.07, 6.45) is 0.794. The molecule has 0 aliphatic heterocycles. The molecule has 0 saturated heterocycles. The SMILES string of the molecule is C=C(CC)NCC(=O)N(C)CC(=O)C(C)C.CC. The lowest BCUT2D eigenvalue weighted by Gasteiger charge is -2.18. The minimum Gasteiger partial charge on any atom is -0.380 e. The topological polar surface area (TPSA) is 49.4 Å². The Kier molecular flexibility index (Phi) is 11.4. The lowest BCUT2D eigenvalue weighted by Crippen LogP contribution is -2.39. The van der Waals surface area contributed by atoms with Crippen LogP contribution in [0.1, 0.15) is 41.0 Å². The van der Waals surface area contributed by atoms with E-state index in [0.717, 1.165) is 12.1 Å². The van der Waals surface area contributed by atoms with Crippen LogP contribution in [0.4, 0.5) is 0 Å². The Labute approximate surface area is 111 Å². The smallest absolute Gasteiger partial charge is 0.242 e. The molecule has 0 aromatic carbocycles. The average molecular weight is 256 g/mol. The van der Waals surface area contributed by atoms with Gasteiger partial charge in [0, 0.05) is 18.7 Å². The first-order chi connectivity index (χ1) is 8.38. The van der Waals surface area contributed by atoms with Crippen molar-refractivity contribution in [3.63, 3.8) is 0 Å². The Morgan fingerprint density at radius 1 is 1.28 bits per heavy atom. The predicted molar refractivity (Wildman–Crippen MR) is 76.3 cm³/mol. The van der Waals surface area contributed by atoms with Crippen molar-refractivity contribution in [1.82, 2.24) is 10.2 Å². The molecule has 0 unspecified atom stereocenters. The molecular weight excluding hydrogens is 228 g/mol. The van der Waals surface area contributed by atoms with E-state index in [-0.39, 0.29) is 30.7 Å². The van der Waals surface area contributed by atoms with Crippen molar-refractivity contribution in [2.45, 2.75) is 41.0 Å². The van der Waals surface area contributed by atoms with E-state index in [9.17, 15) is 9.59 Å². The number of carbonyl (C=O) groups excluding carboxylic acids is 2. The minimum atomic E-state index is -0.0939. The summed E-state index contributed by atoms with van der Waals surface area (Å²) in [5.74, 6) is -0.0532. The number of rotatable bonds is 7. The second kappa shape index (κ2) is 10.8. The molecule has 0 bridgehead atoms. The van der Waals surface area contributed by atoms with Crippen LogP contribution in [0.15, 0.2) is 12.3 Å². The van der Waals surface area contributed by atoms with Crippen LogP contribution in [-0.2, 0) is 9.59 Å². The fourth-order valence-electron chi connectivity index (χ4n) is 0.965. The summed E-state index contributed by atoms with van der Waals surface area (Å²) in [7, 11) is 1.64. The Bertz CT molecular complexity index is 273. The number of amides is 1. The largest absolute Gasteiger partial charge is 0.380 e. The second-order valence-corrected chi connectivity index (χ2v) is 4.18. The fourth-order valence-corrected chi connectivity index (χ4v) is 0.965. The fraction of sp³-hybridized carbons (Fsp3) is 0.714. The predicted octanol–water partition coefficient (Wildman–Crippen LogP) is 2.21. The molecule has 0 aromatic rings. The van der Waals surface area contributed by atoms with E-state index in [1.54, 1.807) is 7.05 Å².